The Kier molecular flexibility index (Phi) is 5.53. The fourth-order valence-electron chi connectivity index (χ4n) is 3.35. The lowest BCUT2D eigenvalue weighted by Crippen LogP contribution is -2.39. The number of halogens is 4. The van der Waals surface area contributed by atoms with Crippen LogP contribution in [-0.4, -0.2) is 29.5 Å². The molecule has 0 saturated carbocycles. The van der Waals surface area contributed by atoms with Crippen molar-refractivity contribution >= 4 is 17.3 Å². The number of para-hydroxylation sites is 1. The van der Waals surface area contributed by atoms with Crippen LogP contribution >= 0.6 is 11.6 Å². The van der Waals surface area contributed by atoms with Gasteiger partial charge in [-0.05, 0) is 29.8 Å². The first kappa shape index (κ1) is 20.4. The van der Waals surface area contributed by atoms with Crippen molar-refractivity contribution in [2.75, 3.05) is 24.6 Å². The second-order valence-corrected chi connectivity index (χ2v) is 7.20. The molecule has 0 bridgehead atoms. The number of hydrogen-bond acceptors (Lipinski definition) is 4. The van der Waals surface area contributed by atoms with Gasteiger partial charge in [0, 0.05) is 13.1 Å². The molecule has 2 heterocycles. The predicted molar refractivity (Wildman–Crippen MR) is 107 cm³/mol. The van der Waals surface area contributed by atoms with E-state index >= 15 is 0 Å². The summed E-state index contributed by atoms with van der Waals surface area (Å²) in [6, 6.07) is 13.8. The number of rotatable bonds is 3. The molecule has 0 aliphatic carbocycles. The zero-order chi connectivity index (χ0) is 21.3. The maximum absolute atomic E-state index is 12.8. The Balaban J connectivity index is 1.58. The van der Waals surface area contributed by atoms with Gasteiger partial charge in [-0.3, -0.25) is 4.79 Å². The van der Waals surface area contributed by atoms with E-state index in [0.717, 1.165) is 12.1 Å². The molecule has 9 heteroatoms. The van der Waals surface area contributed by atoms with E-state index in [4.69, 9.17) is 16.3 Å². The SMILES string of the molecule is O=c1c(Cl)c(N2CCOC(c3ccc(C(F)(F)F)cc3)C2)cnn1-c1ccccc1. The van der Waals surface area contributed by atoms with Crippen LogP contribution in [0.1, 0.15) is 17.2 Å². The quantitative estimate of drug-likeness (QED) is 0.608. The lowest BCUT2D eigenvalue weighted by Gasteiger charge is -2.35. The summed E-state index contributed by atoms with van der Waals surface area (Å²) in [5.74, 6) is 0. The minimum Gasteiger partial charge on any atom is -0.370 e. The van der Waals surface area contributed by atoms with Gasteiger partial charge in [-0.2, -0.15) is 23.0 Å². The molecule has 5 nitrogen and oxygen atoms in total. The Labute approximate surface area is 175 Å². The summed E-state index contributed by atoms with van der Waals surface area (Å²) in [5.41, 5.74) is 0.526. The van der Waals surface area contributed by atoms with Gasteiger partial charge < -0.3 is 9.64 Å². The Morgan fingerprint density at radius 1 is 1.07 bits per heavy atom. The number of ether oxygens (including phenoxy) is 1. The molecule has 4 rings (SSSR count). The van der Waals surface area contributed by atoms with E-state index < -0.39 is 23.4 Å². The monoisotopic (exact) mass is 435 g/mol. The topological polar surface area (TPSA) is 47.4 Å². The zero-order valence-corrected chi connectivity index (χ0v) is 16.4. The van der Waals surface area contributed by atoms with Crippen LogP contribution < -0.4 is 10.5 Å². The van der Waals surface area contributed by atoms with Crippen molar-refractivity contribution in [2.45, 2.75) is 12.3 Å². The molecule has 1 aliphatic heterocycles. The summed E-state index contributed by atoms with van der Waals surface area (Å²) in [6.07, 6.45) is -3.32. The van der Waals surface area contributed by atoms with Gasteiger partial charge in [0.05, 0.1) is 29.7 Å². The molecule has 0 amide bonds. The van der Waals surface area contributed by atoms with Gasteiger partial charge in [0.2, 0.25) is 0 Å². The van der Waals surface area contributed by atoms with Gasteiger partial charge in [0.25, 0.3) is 5.56 Å². The van der Waals surface area contributed by atoms with E-state index in [2.05, 4.69) is 5.10 Å². The molecular formula is C21H17ClF3N3O2. The summed E-state index contributed by atoms with van der Waals surface area (Å²) in [4.78, 5) is 14.6. The normalized spacial score (nSPS) is 17.2. The van der Waals surface area contributed by atoms with Crippen LogP contribution in [0, 0.1) is 0 Å². The van der Waals surface area contributed by atoms with Crippen LogP contribution in [0.2, 0.25) is 5.02 Å². The molecule has 0 radical (unpaired) electrons. The number of hydrogen-bond donors (Lipinski definition) is 0. The number of morpholine rings is 1. The first-order valence-corrected chi connectivity index (χ1v) is 9.59. The molecule has 0 spiro atoms. The van der Waals surface area contributed by atoms with Crippen molar-refractivity contribution in [1.82, 2.24) is 9.78 Å². The van der Waals surface area contributed by atoms with E-state index in [1.807, 2.05) is 11.0 Å². The van der Waals surface area contributed by atoms with Crippen molar-refractivity contribution in [3.05, 3.63) is 87.3 Å². The lowest BCUT2D eigenvalue weighted by atomic mass is 10.0. The van der Waals surface area contributed by atoms with Crippen LogP contribution in [0.25, 0.3) is 5.69 Å². The third-order valence-corrected chi connectivity index (χ3v) is 5.27. The number of benzene rings is 2. The number of anilines is 1. The van der Waals surface area contributed by atoms with E-state index in [1.54, 1.807) is 24.3 Å². The van der Waals surface area contributed by atoms with E-state index in [9.17, 15) is 18.0 Å². The van der Waals surface area contributed by atoms with Crippen LogP contribution in [0.4, 0.5) is 18.9 Å². The predicted octanol–water partition coefficient (Wildman–Crippen LogP) is 4.48. The van der Waals surface area contributed by atoms with Crippen molar-refractivity contribution in [2.24, 2.45) is 0 Å². The summed E-state index contributed by atoms with van der Waals surface area (Å²) in [7, 11) is 0. The zero-order valence-electron chi connectivity index (χ0n) is 15.6. The average Bonchev–Trinajstić information content (AvgIpc) is 2.76. The van der Waals surface area contributed by atoms with Gasteiger partial charge in [-0.25, -0.2) is 0 Å². The summed E-state index contributed by atoms with van der Waals surface area (Å²) >= 11 is 6.37. The lowest BCUT2D eigenvalue weighted by molar-refractivity contribution is -0.137. The highest BCUT2D eigenvalue weighted by atomic mass is 35.5. The Bertz CT molecular complexity index is 1090. The van der Waals surface area contributed by atoms with Crippen LogP contribution in [-0.2, 0) is 10.9 Å². The van der Waals surface area contributed by atoms with Gasteiger partial charge in [-0.1, -0.05) is 41.9 Å². The molecule has 30 heavy (non-hydrogen) atoms. The first-order chi connectivity index (χ1) is 14.3. The van der Waals surface area contributed by atoms with Gasteiger partial charge in [0.1, 0.15) is 11.1 Å². The highest BCUT2D eigenvalue weighted by Crippen LogP contribution is 2.32. The third kappa shape index (κ3) is 4.06. The summed E-state index contributed by atoms with van der Waals surface area (Å²) < 4.78 is 45.3. The van der Waals surface area contributed by atoms with Crippen molar-refractivity contribution in [3.63, 3.8) is 0 Å². The Morgan fingerprint density at radius 3 is 2.43 bits per heavy atom. The van der Waals surface area contributed by atoms with Crippen molar-refractivity contribution in [3.8, 4) is 5.69 Å². The maximum Gasteiger partial charge on any atom is 0.416 e. The molecule has 1 aliphatic rings. The molecule has 156 valence electrons. The first-order valence-electron chi connectivity index (χ1n) is 9.21. The molecule has 1 saturated heterocycles. The number of alkyl halides is 3. The van der Waals surface area contributed by atoms with Gasteiger partial charge in [-0.15, -0.1) is 0 Å². The fourth-order valence-corrected chi connectivity index (χ4v) is 3.60. The van der Waals surface area contributed by atoms with Crippen LogP contribution in [0.15, 0.2) is 65.6 Å². The molecule has 1 unspecified atom stereocenters. The fraction of sp³-hybridized carbons (Fsp3) is 0.238. The standard InChI is InChI=1S/C21H17ClF3N3O2/c22-19-17(12-26-28(20(19)29)16-4-2-1-3-5-16)27-10-11-30-18(13-27)14-6-8-15(9-7-14)21(23,24)25/h1-9,12,18H,10-11,13H2. The van der Waals surface area contributed by atoms with Gasteiger partial charge in [0.15, 0.2) is 0 Å². The van der Waals surface area contributed by atoms with Crippen LogP contribution in [0.3, 0.4) is 0 Å². The highest BCUT2D eigenvalue weighted by Gasteiger charge is 2.31. The summed E-state index contributed by atoms with van der Waals surface area (Å²) in [6.45, 7) is 1.15. The van der Waals surface area contributed by atoms with E-state index in [1.165, 1.54) is 23.0 Å². The second kappa shape index (κ2) is 8.12. The minimum absolute atomic E-state index is 0.0296. The third-order valence-electron chi connectivity index (χ3n) is 4.92. The largest absolute Gasteiger partial charge is 0.416 e. The number of nitrogens with zero attached hydrogens (tertiary/aromatic N) is 3. The molecular weight excluding hydrogens is 419 g/mol. The second-order valence-electron chi connectivity index (χ2n) is 6.82. The minimum atomic E-state index is -4.39. The molecule has 1 fully saturated rings. The highest BCUT2D eigenvalue weighted by molar-refractivity contribution is 6.33. The maximum atomic E-state index is 12.8. The average molecular weight is 436 g/mol. The molecule has 0 N–H and O–H groups in total. The molecule has 3 aromatic rings. The molecule has 2 aromatic carbocycles. The molecule has 1 aromatic heterocycles. The smallest absolute Gasteiger partial charge is 0.370 e. The summed E-state index contributed by atoms with van der Waals surface area (Å²) in [5, 5.41) is 4.26. The Morgan fingerprint density at radius 2 is 1.77 bits per heavy atom. The van der Waals surface area contributed by atoms with E-state index in [0.29, 0.717) is 36.6 Å². The van der Waals surface area contributed by atoms with E-state index in [-0.39, 0.29) is 5.02 Å². The van der Waals surface area contributed by atoms with Crippen molar-refractivity contribution in [1.29, 1.82) is 0 Å². The van der Waals surface area contributed by atoms with Gasteiger partial charge >= 0.3 is 6.18 Å². The molecule has 1 atom stereocenters. The Hall–Kier alpha value is -2.84. The van der Waals surface area contributed by atoms with Crippen LogP contribution in [0.5, 0.6) is 0 Å². The number of aromatic nitrogens is 2. The van der Waals surface area contributed by atoms with Crippen molar-refractivity contribution < 1.29 is 17.9 Å².